The van der Waals surface area contributed by atoms with Gasteiger partial charge in [0.25, 0.3) is 10.2 Å². The van der Waals surface area contributed by atoms with Gasteiger partial charge in [0, 0.05) is 0 Å². The van der Waals surface area contributed by atoms with E-state index in [0.717, 1.165) is 25.7 Å². The van der Waals surface area contributed by atoms with E-state index >= 15 is 0 Å². The summed E-state index contributed by atoms with van der Waals surface area (Å²) in [5.74, 6) is -1.95. The molecule has 0 aromatic rings. The number of ether oxygens (including phenoxy) is 1. The average molecular weight is 469 g/mol. The van der Waals surface area contributed by atoms with Crippen LogP contribution in [-0.4, -0.2) is 29.7 Å². The summed E-state index contributed by atoms with van der Waals surface area (Å²) in [6.45, 7) is 2.16. The van der Waals surface area contributed by atoms with Gasteiger partial charge in [0.05, 0.1) is 5.25 Å². The number of halogens is 7. The van der Waals surface area contributed by atoms with Crippen molar-refractivity contribution >= 4 is 16.2 Å². The van der Waals surface area contributed by atoms with Crippen LogP contribution in [0.4, 0.5) is 28.2 Å². The second-order valence-electron chi connectivity index (χ2n) is 9.67. The average Bonchev–Trinajstić information content (AvgIpc) is 2.60. The Bertz CT molecular complexity index is 613. The van der Waals surface area contributed by atoms with Crippen molar-refractivity contribution in [2.75, 3.05) is 0 Å². The molecule has 178 valence electrons. The molecule has 0 saturated heterocycles. The van der Waals surface area contributed by atoms with Crippen LogP contribution in [0.2, 0.25) is 0 Å². The summed E-state index contributed by atoms with van der Waals surface area (Å²) in [4.78, 5) is 12.4. The van der Waals surface area contributed by atoms with E-state index in [1.807, 2.05) is 0 Å². The Morgan fingerprint density at radius 3 is 1.73 bits per heavy atom. The van der Waals surface area contributed by atoms with Crippen LogP contribution in [0.15, 0.2) is 0 Å². The largest absolute Gasteiger partial charge is 0.462 e. The SMILES string of the molecule is CC1CCC(C2CC(F)C(C(=O)OC3CCC(S(F)(F)(F)(F)F)CC3)C(F)C2)CC1. The first-order valence-corrected chi connectivity index (χ1v) is 12.9. The number of carbonyl (C=O) groups is 1. The van der Waals surface area contributed by atoms with Gasteiger partial charge in [-0.15, -0.1) is 0 Å². The molecular weight excluding hydrogens is 437 g/mol. The van der Waals surface area contributed by atoms with Crippen molar-refractivity contribution in [1.29, 1.82) is 0 Å². The Morgan fingerprint density at radius 2 is 1.27 bits per heavy atom. The molecule has 0 bridgehead atoms. The molecule has 0 spiro atoms. The zero-order valence-corrected chi connectivity index (χ0v) is 17.9. The maximum absolute atomic E-state index is 14.7. The Hall–Kier alpha value is -0.670. The first-order chi connectivity index (χ1) is 13.6. The summed E-state index contributed by atoms with van der Waals surface area (Å²) in [6.07, 6.45) is -2.80. The Kier molecular flexibility index (Phi) is 6.18. The summed E-state index contributed by atoms with van der Waals surface area (Å²) < 4.78 is 99.0. The highest BCUT2D eigenvalue weighted by Gasteiger charge is 2.69. The van der Waals surface area contributed by atoms with E-state index in [2.05, 4.69) is 6.92 Å². The molecule has 0 amide bonds. The molecule has 3 fully saturated rings. The minimum Gasteiger partial charge on any atom is -0.462 e. The first-order valence-electron chi connectivity index (χ1n) is 10.9. The molecule has 0 heterocycles. The second-order valence-corrected chi connectivity index (χ2v) is 12.4. The number of carbonyl (C=O) groups excluding carboxylic acids is 1. The van der Waals surface area contributed by atoms with E-state index in [0.29, 0.717) is 5.92 Å². The number of rotatable bonds is 4. The molecule has 0 N–H and O–H groups in total. The van der Waals surface area contributed by atoms with Gasteiger partial charge in [-0.05, 0) is 69.1 Å². The third kappa shape index (κ3) is 5.76. The lowest BCUT2D eigenvalue weighted by Crippen LogP contribution is -2.44. The molecule has 0 radical (unpaired) electrons. The van der Waals surface area contributed by atoms with E-state index in [9.17, 15) is 33.0 Å². The van der Waals surface area contributed by atoms with Crippen LogP contribution < -0.4 is 0 Å². The Labute approximate surface area is 173 Å². The van der Waals surface area contributed by atoms with Crippen molar-refractivity contribution in [3.05, 3.63) is 0 Å². The lowest BCUT2D eigenvalue weighted by atomic mass is 9.68. The topological polar surface area (TPSA) is 26.3 Å². The van der Waals surface area contributed by atoms with Gasteiger partial charge in [-0.25, -0.2) is 8.78 Å². The number of hydrogen-bond donors (Lipinski definition) is 0. The summed E-state index contributed by atoms with van der Waals surface area (Å²) in [5, 5.41) is -2.70. The first kappa shape index (κ1) is 24.0. The molecule has 0 aromatic heterocycles. The van der Waals surface area contributed by atoms with Crippen LogP contribution in [0.3, 0.4) is 0 Å². The van der Waals surface area contributed by atoms with Gasteiger partial charge < -0.3 is 4.74 Å². The Morgan fingerprint density at radius 1 is 0.767 bits per heavy atom. The number of hydrogen-bond acceptors (Lipinski definition) is 2. The van der Waals surface area contributed by atoms with Gasteiger partial charge in [-0.1, -0.05) is 39.2 Å². The van der Waals surface area contributed by atoms with Crippen LogP contribution >= 0.6 is 10.2 Å². The third-order valence-electron chi connectivity index (χ3n) is 7.37. The lowest BCUT2D eigenvalue weighted by molar-refractivity contribution is -0.164. The molecule has 0 aromatic carbocycles. The van der Waals surface area contributed by atoms with E-state index in [1.54, 1.807) is 0 Å². The minimum absolute atomic E-state index is 0.0796. The second kappa shape index (κ2) is 7.73. The molecule has 2 unspecified atom stereocenters. The monoisotopic (exact) mass is 468 g/mol. The summed E-state index contributed by atoms with van der Waals surface area (Å²) >= 11 is 0. The lowest BCUT2D eigenvalue weighted by Gasteiger charge is -2.49. The van der Waals surface area contributed by atoms with Crippen molar-refractivity contribution in [2.45, 2.75) is 94.8 Å². The quantitative estimate of drug-likeness (QED) is 0.313. The van der Waals surface area contributed by atoms with Crippen molar-refractivity contribution < 1.29 is 37.7 Å². The van der Waals surface area contributed by atoms with E-state index in [1.165, 1.54) is 0 Å². The molecule has 3 aliphatic carbocycles. The van der Waals surface area contributed by atoms with Gasteiger partial charge in [-0.2, -0.15) is 0 Å². The smallest absolute Gasteiger partial charge is 0.315 e. The van der Waals surface area contributed by atoms with Crippen molar-refractivity contribution in [3.8, 4) is 0 Å². The maximum Gasteiger partial charge on any atom is 0.315 e. The van der Waals surface area contributed by atoms with Crippen molar-refractivity contribution in [2.24, 2.45) is 23.7 Å². The fourth-order valence-corrected chi connectivity index (χ4v) is 6.63. The maximum atomic E-state index is 14.7. The van der Waals surface area contributed by atoms with E-state index < -0.39 is 58.7 Å². The highest BCUT2D eigenvalue weighted by molar-refractivity contribution is 8.46. The summed E-state index contributed by atoms with van der Waals surface area (Å²) in [5.41, 5.74) is 0. The molecule has 30 heavy (non-hydrogen) atoms. The number of alkyl halides is 2. The van der Waals surface area contributed by atoms with Crippen molar-refractivity contribution in [3.63, 3.8) is 0 Å². The Balaban J connectivity index is 1.52. The third-order valence-corrected chi connectivity index (χ3v) is 9.10. The molecular formula is C20H31F7O2S. The standard InChI is InChI=1S/C20H31F7O2S/c1-12-2-4-13(5-3-12)14-10-17(21)19(18(22)11-14)20(28)29-15-6-8-16(9-7-15)30(23,24,25,26)27/h12-19H,2-11H2,1H3. The normalized spacial score (nSPS) is 43.3. The fraction of sp³-hybridized carbons (Fsp3) is 0.950. The molecule has 0 aliphatic heterocycles. The van der Waals surface area contributed by atoms with Crippen LogP contribution in [0.1, 0.15) is 71.1 Å². The van der Waals surface area contributed by atoms with Crippen molar-refractivity contribution in [1.82, 2.24) is 0 Å². The highest BCUT2D eigenvalue weighted by Crippen LogP contribution is 3.01. The zero-order chi connectivity index (χ0) is 22.4. The number of esters is 1. The van der Waals surface area contributed by atoms with Gasteiger partial charge in [0.15, 0.2) is 0 Å². The van der Waals surface area contributed by atoms with Crippen LogP contribution in [0.5, 0.6) is 0 Å². The fourth-order valence-electron chi connectivity index (χ4n) is 5.47. The highest BCUT2D eigenvalue weighted by atomic mass is 32.5. The van der Waals surface area contributed by atoms with E-state index in [4.69, 9.17) is 4.74 Å². The predicted octanol–water partition coefficient (Wildman–Crippen LogP) is 7.67. The molecule has 3 aliphatic rings. The van der Waals surface area contributed by atoms with Gasteiger partial charge in [0.1, 0.15) is 24.4 Å². The molecule has 2 nitrogen and oxygen atoms in total. The van der Waals surface area contributed by atoms with Gasteiger partial charge in [0.2, 0.25) is 0 Å². The van der Waals surface area contributed by atoms with Gasteiger partial charge in [-0.3, -0.25) is 4.79 Å². The summed E-state index contributed by atoms with van der Waals surface area (Å²) in [6, 6.07) is 0. The van der Waals surface area contributed by atoms with Crippen LogP contribution in [-0.2, 0) is 9.53 Å². The molecule has 2 atom stereocenters. The van der Waals surface area contributed by atoms with E-state index in [-0.39, 0.29) is 37.5 Å². The molecule has 10 heteroatoms. The van der Waals surface area contributed by atoms with Crippen LogP contribution in [0.25, 0.3) is 0 Å². The predicted molar refractivity (Wildman–Crippen MR) is 102 cm³/mol. The van der Waals surface area contributed by atoms with Gasteiger partial charge >= 0.3 is 5.97 Å². The van der Waals surface area contributed by atoms with Crippen LogP contribution in [0, 0.1) is 23.7 Å². The zero-order valence-electron chi connectivity index (χ0n) is 17.1. The minimum atomic E-state index is -9.58. The molecule has 3 saturated carbocycles. The molecule has 3 rings (SSSR count). The summed E-state index contributed by atoms with van der Waals surface area (Å²) in [7, 11) is -9.58.